The molecule has 0 aromatic carbocycles. The second-order valence-corrected chi connectivity index (χ2v) is 6.69. The minimum Gasteiger partial charge on any atom is -0.224 e. The van der Waals surface area contributed by atoms with Crippen molar-refractivity contribution >= 4 is 9.84 Å². The van der Waals surface area contributed by atoms with Gasteiger partial charge in [0.1, 0.15) is 0 Å². The van der Waals surface area contributed by atoms with Gasteiger partial charge in [0.2, 0.25) is 0 Å². The molecule has 2 atom stereocenters. The molecule has 0 amide bonds. The molecule has 0 heterocycles. The molecule has 3 rings (SSSR count). The van der Waals surface area contributed by atoms with Gasteiger partial charge in [0.15, 0.2) is 9.84 Å². The molecule has 0 aromatic rings. The summed E-state index contributed by atoms with van der Waals surface area (Å²) in [5.41, 5.74) is -0.141. The summed E-state index contributed by atoms with van der Waals surface area (Å²) in [6, 6.07) is 0. The Kier molecular flexibility index (Phi) is 3.39. The maximum Gasteiger partial charge on any atom is 0.261 e. The second-order valence-electron chi connectivity index (χ2n) is 4.61. The number of hydrogen-bond donors (Lipinski definition) is 0. The molecule has 0 aliphatic heterocycles. The van der Waals surface area contributed by atoms with E-state index in [9.17, 15) is 17.2 Å². The normalized spacial score (nSPS) is 28.2. The van der Waals surface area contributed by atoms with Gasteiger partial charge < -0.3 is 0 Å². The van der Waals surface area contributed by atoms with Crippen LogP contribution in [-0.2, 0) is 9.84 Å². The summed E-state index contributed by atoms with van der Waals surface area (Å²) in [7, 11) is -3.51. The van der Waals surface area contributed by atoms with Gasteiger partial charge in [0.25, 0.3) is 6.43 Å². The van der Waals surface area contributed by atoms with Crippen LogP contribution in [0.3, 0.4) is 0 Å². The molecule has 17 heavy (non-hydrogen) atoms. The molecule has 2 nitrogen and oxygen atoms in total. The monoisotopic (exact) mass is 262 g/mol. The number of rotatable bonds is 4. The fraction of sp³-hybridized carbons (Fsp3) is 0.667. The number of halogens is 2. The quantitative estimate of drug-likeness (QED) is 0.730. The third kappa shape index (κ3) is 2.17. The summed E-state index contributed by atoms with van der Waals surface area (Å²) in [6.45, 7) is 1.75. The van der Waals surface area contributed by atoms with Gasteiger partial charge in [-0.2, -0.15) is 0 Å². The van der Waals surface area contributed by atoms with Crippen LogP contribution in [0.5, 0.6) is 0 Å². The standard InChI is InChI=1S/C12H16F2O2S/c1-2-7-17(15,16)11-9-5-3-8(4-6-9)10(11)12(13)14/h3,5,8-9,12H,2,4,6-7H2,1H3. The summed E-state index contributed by atoms with van der Waals surface area (Å²) >= 11 is 0. The van der Waals surface area contributed by atoms with E-state index < -0.39 is 16.3 Å². The molecule has 0 aromatic heterocycles. The first kappa shape index (κ1) is 12.7. The Bertz CT molecular complexity index is 463. The molecule has 0 N–H and O–H groups in total. The van der Waals surface area contributed by atoms with Crippen molar-refractivity contribution in [3.63, 3.8) is 0 Å². The molecule has 2 unspecified atom stereocenters. The van der Waals surface area contributed by atoms with Crippen LogP contribution in [0.25, 0.3) is 0 Å². The van der Waals surface area contributed by atoms with E-state index in [2.05, 4.69) is 0 Å². The molecule has 96 valence electrons. The lowest BCUT2D eigenvalue weighted by atomic mass is 9.76. The van der Waals surface area contributed by atoms with Crippen LogP contribution < -0.4 is 0 Å². The van der Waals surface area contributed by atoms with Crippen molar-refractivity contribution in [2.45, 2.75) is 32.6 Å². The first-order valence-electron chi connectivity index (χ1n) is 5.90. The van der Waals surface area contributed by atoms with Crippen molar-refractivity contribution in [1.29, 1.82) is 0 Å². The third-order valence-electron chi connectivity index (χ3n) is 3.43. The highest BCUT2D eigenvalue weighted by Gasteiger charge is 2.40. The Labute approximate surface area is 100 Å². The fourth-order valence-electron chi connectivity index (χ4n) is 2.75. The van der Waals surface area contributed by atoms with E-state index in [1.165, 1.54) is 0 Å². The van der Waals surface area contributed by atoms with Crippen molar-refractivity contribution in [2.75, 3.05) is 5.75 Å². The third-order valence-corrected chi connectivity index (χ3v) is 5.58. The lowest BCUT2D eigenvalue weighted by Gasteiger charge is -2.35. The van der Waals surface area contributed by atoms with Crippen molar-refractivity contribution in [3.05, 3.63) is 22.6 Å². The van der Waals surface area contributed by atoms with Gasteiger partial charge >= 0.3 is 0 Å². The number of hydrogen-bond acceptors (Lipinski definition) is 2. The van der Waals surface area contributed by atoms with Gasteiger partial charge in [-0.05, 0) is 19.3 Å². The Morgan fingerprint density at radius 1 is 1.29 bits per heavy atom. The minimum absolute atomic E-state index is 0.0214. The molecule has 5 heteroatoms. The summed E-state index contributed by atoms with van der Waals surface area (Å²) < 4.78 is 50.2. The Hall–Kier alpha value is -0.710. The molecule has 2 bridgehead atoms. The molecule has 0 saturated carbocycles. The molecule has 3 aliphatic rings. The van der Waals surface area contributed by atoms with E-state index in [1.807, 2.05) is 0 Å². The molecular weight excluding hydrogens is 246 g/mol. The van der Waals surface area contributed by atoms with E-state index >= 15 is 0 Å². The van der Waals surface area contributed by atoms with Crippen LogP contribution in [0, 0.1) is 11.8 Å². The zero-order chi connectivity index (χ0) is 12.6. The SMILES string of the molecule is CCCS(=O)(=O)C1=C(C(F)F)C2C=CC1CC2. The van der Waals surface area contributed by atoms with E-state index in [4.69, 9.17) is 0 Å². The molecule has 0 fully saturated rings. The van der Waals surface area contributed by atoms with Crippen molar-refractivity contribution in [3.8, 4) is 0 Å². The average molecular weight is 262 g/mol. The van der Waals surface area contributed by atoms with E-state index in [0.717, 1.165) is 0 Å². The van der Waals surface area contributed by atoms with Crippen LogP contribution >= 0.6 is 0 Å². The molecule has 0 radical (unpaired) electrons. The van der Waals surface area contributed by atoms with Crippen LogP contribution in [-0.4, -0.2) is 20.6 Å². The molecule has 0 saturated heterocycles. The summed E-state index contributed by atoms with van der Waals surface area (Å²) in [5.74, 6) is -0.725. The van der Waals surface area contributed by atoms with Crippen LogP contribution in [0.4, 0.5) is 8.78 Å². The van der Waals surface area contributed by atoms with Gasteiger partial charge in [-0.1, -0.05) is 19.1 Å². The van der Waals surface area contributed by atoms with Crippen LogP contribution in [0.1, 0.15) is 26.2 Å². The highest BCUT2D eigenvalue weighted by molar-refractivity contribution is 7.95. The van der Waals surface area contributed by atoms with E-state index in [1.54, 1.807) is 19.1 Å². The Morgan fingerprint density at radius 3 is 2.35 bits per heavy atom. The number of fused-ring (bicyclic) bond motifs is 1. The van der Waals surface area contributed by atoms with Gasteiger partial charge in [0, 0.05) is 17.4 Å². The number of allylic oxidation sites excluding steroid dienone is 4. The van der Waals surface area contributed by atoms with Crippen LogP contribution in [0.15, 0.2) is 22.6 Å². The predicted molar refractivity (Wildman–Crippen MR) is 62.5 cm³/mol. The summed E-state index contributed by atoms with van der Waals surface area (Å²) in [6.07, 6.45) is 2.64. The Balaban J connectivity index is 2.51. The van der Waals surface area contributed by atoms with Crippen molar-refractivity contribution < 1.29 is 17.2 Å². The second kappa shape index (κ2) is 4.52. The molecule has 0 spiro atoms. The van der Waals surface area contributed by atoms with Gasteiger partial charge in [-0.25, -0.2) is 17.2 Å². The fourth-order valence-corrected chi connectivity index (χ4v) is 4.77. The number of sulfone groups is 1. The van der Waals surface area contributed by atoms with Crippen molar-refractivity contribution in [2.24, 2.45) is 11.8 Å². The largest absolute Gasteiger partial charge is 0.261 e. The Morgan fingerprint density at radius 2 is 1.88 bits per heavy atom. The molecule has 3 aliphatic carbocycles. The van der Waals surface area contributed by atoms with Crippen molar-refractivity contribution in [1.82, 2.24) is 0 Å². The first-order valence-corrected chi connectivity index (χ1v) is 7.55. The average Bonchev–Trinajstić information content (AvgIpc) is 2.29. The highest BCUT2D eigenvalue weighted by Crippen LogP contribution is 2.45. The topological polar surface area (TPSA) is 34.1 Å². The molecular formula is C12H16F2O2S. The lowest BCUT2D eigenvalue weighted by Crippen LogP contribution is -2.30. The summed E-state index contributed by atoms with van der Waals surface area (Å²) in [4.78, 5) is 0.0214. The minimum atomic E-state index is -3.51. The highest BCUT2D eigenvalue weighted by atomic mass is 32.2. The lowest BCUT2D eigenvalue weighted by molar-refractivity contribution is 0.170. The zero-order valence-electron chi connectivity index (χ0n) is 9.70. The smallest absolute Gasteiger partial charge is 0.224 e. The zero-order valence-corrected chi connectivity index (χ0v) is 10.5. The van der Waals surface area contributed by atoms with E-state index in [0.29, 0.717) is 19.3 Å². The maximum absolute atomic E-state index is 13.0. The van der Waals surface area contributed by atoms with Gasteiger partial charge in [-0.15, -0.1) is 0 Å². The van der Waals surface area contributed by atoms with Crippen LogP contribution in [0.2, 0.25) is 0 Å². The summed E-state index contributed by atoms with van der Waals surface area (Å²) in [5, 5.41) is 0. The maximum atomic E-state index is 13.0. The first-order chi connectivity index (χ1) is 7.97. The predicted octanol–water partition coefficient (Wildman–Crippen LogP) is 2.93. The van der Waals surface area contributed by atoms with E-state index in [-0.39, 0.29) is 28.1 Å². The van der Waals surface area contributed by atoms with Gasteiger partial charge in [-0.3, -0.25) is 0 Å². The number of alkyl halides is 2. The van der Waals surface area contributed by atoms with Gasteiger partial charge in [0.05, 0.1) is 10.7 Å².